The summed E-state index contributed by atoms with van der Waals surface area (Å²) in [5.41, 5.74) is 2.12. The minimum Gasteiger partial charge on any atom is -0.489 e. The summed E-state index contributed by atoms with van der Waals surface area (Å²) in [5.74, 6) is 0.932. The number of fused-ring (bicyclic) bond motifs is 1. The van der Waals surface area contributed by atoms with Gasteiger partial charge in [-0.15, -0.1) is 0 Å². The van der Waals surface area contributed by atoms with E-state index in [-0.39, 0.29) is 6.10 Å². The van der Waals surface area contributed by atoms with Gasteiger partial charge in [-0.2, -0.15) is 0 Å². The summed E-state index contributed by atoms with van der Waals surface area (Å²) in [5, 5.41) is 9.48. The third kappa shape index (κ3) is 1.66. The van der Waals surface area contributed by atoms with Crippen LogP contribution in [0.15, 0.2) is 16.6 Å². The summed E-state index contributed by atoms with van der Waals surface area (Å²) < 4.78 is 6.58. The minimum absolute atomic E-state index is 0.241. The fraction of sp³-hybridized carbons (Fsp3) is 0.455. The Labute approximate surface area is 92.0 Å². The molecule has 76 valence electrons. The first-order chi connectivity index (χ1) is 6.58. The van der Waals surface area contributed by atoms with E-state index in [1.54, 1.807) is 6.92 Å². The molecular weight excluding hydrogens is 244 g/mol. The zero-order chi connectivity index (χ0) is 10.3. The Bertz CT molecular complexity index is 361. The number of aliphatic hydroxyl groups excluding tert-OH is 1. The van der Waals surface area contributed by atoms with Gasteiger partial charge in [0.1, 0.15) is 11.9 Å². The average molecular weight is 257 g/mol. The van der Waals surface area contributed by atoms with E-state index in [1.807, 2.05) is 12.1 Å². The van der Waals surface area contributed by atoms with Crippen molar-refractivity contribution in [1.29, 1.82) is 0 Å². The first-order valence-electron chi connectivity index (χ1n) is 4.75. The maximum Gasteiger partial charge on any atom is 0.137 e. The molecule has 0 aromatic heterocycles. The van der Waals surface area contributed by atoms with Crippen molar-refractivity contribution in [3.05, 3.63) is 27.7 Å². The fourth-order valence-electron chi connectivity index (χ4n) is 1.75. The molecule has 0 aliphatic carbocycles. The molecule has 0 spiro atoms. The van der Waals surface area contributed by atoms with Crippen molar-refractivity contribution in [2.24, 2.45) is 0 Å². The number of rotatable bonds is 1. The second-order valence-corrected chi connectivity index (χ2v) is 4.65. The van der Waals surface area contributed by atoms with E-state index in [2.05, 4.69) is 22.9 Å². The molecule has 0 fully saturated rings. The van der Waals surface area contributed by atoms with E-state index in [0.717, 1.165) is 22.2 Å². The van der Waals surface area contributed by atoms with Crippen LogP contribution < -0.4 is 4.74 Å². The molecule has 0 radical (unpaired) electrons. The van der Waals surface area contributed by atoms with Gasteiger partial charge in [0.25, 0.3) is 0 Å². The van der Waals surface area contributed by atoms with Crippen molar-refractivity contribution in [2.75, 3.05) is 0 Å². The first-order valence-corrected chi connectivity index (χ1v) is 5.54. The van der Waals surface area contributed by atoms with Crippen LogP contribution in [0.2, 0.25) is 0 Å². The molecule has 0 saturated carbocycles. The van der Waals surface area contributed by atoms with E-state index in [9.17, 15) is 5.11 Å². The average Bonchev–Trinajstić information content (AvgIpc) is 2.45. The quantitative estimate of drug-likeness (QED) is 0.838. The SMILES string of the molecule is CC1Cc2cc(C(C)O)cc(Br)c2O1. The summed E-state index contributed by atoms with van der Waals surface area (Å²) >= 11 is 3.46. The van der Waals surface area contributed by atoms with Gasteiger partial charge in [0.2, 0.25) is 0 Å². The summed E-state index contributed by atoms with van der Waals surface area (Å²) in [7, 11) is 0. The lowest BCUT2D eigenvalue weighted by atomic mass is 10.0. The second kappa shape index (κ2) is 3.55. The monoisotopic (exact) mass is 256 g/mol. The lowest BCUT2D eigenvalue weighted by Crippen LogP contribution is -2.05. The first kappa shape index (κ1) is 9.99. The van der Waals surface area contributed by atoms with Gasteiger partial charge in [-0.05, 0) is 53.0 Å². The topological polar surface area (TPSA) is 29.5 Å². The molecule has 2 rings (SSSR count). The molecule has 2 atom stereocenters. The van der Waals surface area contributed by atoms with Gasteiger partial charge in [0.15, 0.2) is 0 Å². The number of halogens is 1. The molecule has 0 bridgehead atoms. The maximum absolute atomic E-state index is 9.48. The highest BCUT2D eigenvalue weighted by Gasteiger charge is 2.22. The molecule has 1 aliphatic heterocycles. The third-order valence-corrected chi connectivity index (χ3v) is 3.04. The Morgan fingerprint density at radius 2 is 2.29 bits per heavy atom. The van der Waals surface area contributed by atoms with Crippen LogP contribution in [0.1, 0.15) is 31.1 Å². The summed E-state index contributed by atoms with van der Waals surface area (Å²) in [6.45, 7) is 3.82. The lowest BCUT2D eigenvalue weighted by molar-refractivity contribution is 0.199. The van der Waals surface area contributed by atoms with Crippen LogP contribution in [-0.4, -0.2) is 11.2 Å². The van der Waals surface area contributed by atoms with Crippen molar-refractivity contribution in [2.45, 2.75) is 32.5 Å². The minimum atomic E-state index is -0.424. The molecule has 2 nitrogen and oxygen atoms in total. The van der Waals surface area contributed by atoms with Gasteiger partial charge in [0.05, 0.1) is 10.6 Å². The van der Waals surface area contributed by atoms with Gasteiger partial charge in [0, 0.05) is 6.42 Å². The third-order valence-electron chi connectivity index (χ3n) is 2.45. The summed E-state index contributed by atoms with van der Waals surface area (Å²) in [4.78, 5) is 0. The van der Waals surface area contributed by atoms with Crippen LogP contribution in [0.5, 0.6) is 5.75 Å². The zero-order valence-corrected chi connectivity index (χ0v) is 9.84. The van der Waals surface area contributed by atoms with Crippen molar-refractivity contribution >= 4 is 15.9 Å². The van der Waals surface area contributed by atoms with Crippen molar-refractivity contribution in [3.8, 4) is 5.75 Å². The van der Waals surface area contributed by atoms with Crippen molar-refractivity contribution in [1.82, 2.24) is 0 Å². The highest BCUT2D eigenvalue weighted by Crippen LogP contribution is 2.38. The lowest BCUT2D eigenvalue weighted by Gasteiger charge is -2.09. The molecule has 14 heavy (non-hydrogen) atoms. The van der Waals surface area contributed by atoms with Crippen LogP contribution in [0.3, 0.4) is 0 Å². The Balaban J connectivity index is 2.46. The number of aliphatic hydroxyl groups is 1. The van der Waals surface area contributed by atoms with E-state index >= 15 is 0 Å². The Hall–Kier alpha value is -0.540. The normalized spacial score (nSPS) is 21.6. The van der Waals surface area contributed by atoms with Gasteiger partial charge in [-0.3, -0.25) is 0 Å². The molecule has 0 saturated heterocycles. The molecule has 1 aromatic rings. The molecule has 1 aliphatic rings. The van der Waals surface area contributed by atoms with Gasteiger partial charge in [-0.1, -0.05) is 0 Å². The highest BCUT2D eigenvalue weighted by atomic mass is 79.9. The van der Waals surface area contributed by atoms with Crippen LogP contribution in [0.25, 0.3) is 0 Å². The smallest absolute Gasteiger partial charge is 0.137 e. The second-order valence-electron chi connectivity index (χ2n) is 3.80. The zero-order valence-electron chi connectivity index (χ0n) is 8.25. The molecule has 1 N–H and O–H groups in total. The van der Waals surface area contributed by atoms with Crippen molar-refractivity contribution in [3.63, 3.8) is 0 Å². The largest absolute Gasteiger partial charge is 0.489 e. The van der Waals surface area contributed by atoms with E-state index < -0.39 is 6.10 Å². The van der Waals surface area contributed by atoms with Crippen LogP contribution in [-0.2, 0) is 6.42 Å². The van der Waals surface area contributed by atoms with E-state index in [1.165, 1.54) is 5.56 Å². The highest BCUT2D eigenvalue weighted by molar-refractivity contribution is 9.10. The summed E-state index contributed by atoms with van der Waals surface area (Å²) in [6.07, 6.45) is 0.743. The van der Waals surface area contributed by atoms with Crippen LogP contribution in [0, 0.1) is 0 Å². The molecule has 3 heteroatoms. The van der Waals surface area contributed by atoms with E-state index in [0.29, 0.717) is 0 Å². The molecule has 2 unspecified atom stereocenters. The molecule has 0 amide bonds. The predicted octanol–water partition coefficient (Wildman–Crippen LogP) is 2.83. The fourth-order valence-corrected chi connectivity index (χ4v) is 2.36. The van der Waals surface area contributed by atoms with Gasteiger partial charge >= 0.3 is 0 Å². The van der Waals surface area contributed by atoms with Crippen molar-refractivity contribution < 1.29 is 9.84 Å². The van der Waals surface area contributed by atoms with Crippen LogP contribution >= 0.6 is 15.9 Å². The Morgan fingerprint density at radius 3 is 2.93 bits per heavy atom. The Kier molecular flexibility index (Phi) is 2.54. The summed E-state index contributed by atoms with van der Waals surface area (Å²) in [6, 6.07) is 3.94. The molecule has 1 heterocycles. The molecular formula is C11H13BrO2. The van der Waals surface area contributed by atoms with Gasteiger partial charge in [-0.25, -0.2) is 0 Å². The number of hydrogen-bond acceptors (Lipinski definition) is 2. The van der Waals surface area contributed by atoms with Crippen LogP contribution in [0.4, 0.5) is 0 Å². The number of benzene rings is 1. The maximum atomic E-state index is 9.48. The predicted molar refractivity (Wildman–Crippen MR) is 58.6 cm³/mol. The number of ether oxygens (including phenoxy) is 1. The van der Waals surface area contributed by atoms with Gasteiger partial charge < -0.3 is 9.84 Å². The Morgan fingerprint density at radius 1 is 1.57 bits per heavy atom. The van der Waals surface area contributed by atoms with E-state index in [4.69, 9.17) is 4.74 Å². The molecule has 1 aromatic carbocycles. The number of hydrogen-bond donors (Lipinski definition) is 1. The standard InChI is InChI=1S/C11H13BrO2/c1-6-3-9-4-8(7(2)13)5-10(12)11(9)14-6/h4-7,13H,3H2,1-2H3.